The summed E-state index contributed by atoms with van der Waals surface area (Å²) in [7, 11) is 0. The topological polar surface area (TPSA) is 69.1 Å². The molecule has 0 aliphatic heterocycles. The minimum Gasteiger partial charge on any atom is -0.369 e. The van der Waals surface area contributed by atoms with E-state index in [9.17, 15) is 4.79 Å². The van der Waals surface area contributed by atoms with Crippen LogP contribution in [0.4, 0.5) is 0 Å². The molecule has 16 heavy (non-hydrogen) atoms. The number of primary amides is 1. The quantitative estimate of drug-likeness (QED) is 0.741. The van der Waals surface area contributed by atoms with Gasteiger partial charge in [-0.15, -0.1) is 0 Å². The fraction of sp³-hybridized carbons (Fsp3) is 0.923. The molecule has 0 aromatic rings. The zero-order valence-electron chi connectivity index (χ0n) is 10.0. The van der Waals surface area contributed by atoms with Crippen LogP contribution >= 0.6 is 0 Å². The van der Waals surface area contributed by atoms with Crippen molar-refractivity contribution in [3.63, 3.8) is 0 Å². The molecule has 90 valence electrons. The zero-order chi connectivity index (χ0) is 11.6. The molecule has 0 radical (unpaired) electrons. The van der Waals surface area contributed by atoms with Crippen LogP contribution in [0.25, 0.3) is 0 Å². The van der Waals surface area contributed by atoms with Gasteiger partial charge in [-0.2, -0.15) is 0 Å². The van der Waals surface area contributed by atoms with Crippen molar-refractivity contribution in [3.05, 3.63) is 0 Å². The third-order valence-electron chi connectivity index (χ3n) is 5.85. The molecule has 3 unspecified atom stereocenters. The highest BCUT2D eigenvalue weighted by molar-refractivity contribution is 5.83. The number of rotatable bonds is 2. The first-order valence-corrected chi connectivity index (χ1v) is 6.60. The minimum absolute atomic E-state index is 0.129. The molecule has 4 fully saturated rings. The lowest BCUT2D eigenvalue weighted by Crippen LogP contribution is -2.72. The molecular weight excluding hydrogens is 200 g/mol. The third-order valence-corrected chi connectivity index (χ3v) is 5.85. The van der Waals surface area contributed by atoms with Gasteiger partial charge >= 0.3 is 0 Å². The first-order chi connectivity index (χ1) is 7.52. The number of carbonyl (C=O) groups excluding carboxylic acids is 1. The molecule has 0 heterocycles. The van der Waals surface area contributed by atoms with Gasteiger partial charge in [0.15, 0.2) is 0 Å². The summed E-state index contributed by atoms with van der Waals surface area (Å²) in [4.78, 5) is 12.0. The van der Waals surface area contributed by atoms with E-state index in [1.54, 1.807) is 0 Å². The van der Waals surface area contributed by atoms with E-state index < -0.39 is 0 Å². The average molecular weight is 222 g/mol. The monoisotopic (exact) mass is 222 g/mol. The van der Waals surface area contributed by atoms with E-state index >= 15 is 0 Å². The smallest absolute Gasteiger partial charge is 0.225 e. The molecule has 0 saturated heterocycles. The van der Waals surface area contributed by atoms with Crippen molar-refractivity contribution in [3.8, 4) is 0 Å². The summed E-state index contributed by atoms with van der Waals surface area (Å²) in [5, 5.41) is 0. The summed E-state index contributed by atoms with van der Waals surface area (Å²) in [6.45, 7) is 2.12. The van der Waals surface area contributed by atoms with Crippen LogP contribution in [0.2, 0.25) is 0 Å². The normalized spacial score (nSPS) is 54.2. The van der Waals surface area contributed by atoms with Gasteiger partial charge in [0.2, 0.25) is 5.91 Å². The van der Waals surface area contributed by atoms with Crippen LogP contribution in [-0.2, 0) is 4.79 Å². The van der Waals surface area contributed by atoms with Crippen LogP contribution in [0.3, 0.4) is 0 Å². The molecule has 0 spiro atoms. The predicted molar refractivity (Wildman–Crippen MR) is 62.4 cm³/mol. The second kappa shape index (κ2) is 3.00. The summed E-state index contributed by atoms with van der Waals surface area (Å²) < 4.78 is 0. The first kappa shape index (κ1) is 10.6. The molecule has 4 bridgehead atoms. The van der Waals surface area contributed by atoms with Crippen molar-refractivity contribution >= 4 is 5.91 Å². The van der Waals surface area contributed by atoms with Crippen LogP contribution in [0, 0.1) is 23.2 Å². The van der Waals surface area contributed by atoms with E-state index in [0.717, 1.165) is 19.3 Å². The average Bonchev–Trinajstić information content (AvgIpc) is 2.24. The molecule has 0 aromatic heterocycles. The van der Waals surface area contributed by atoms with E-state index in [0.29, 0.717) is 17.8 Å². The number of nitrogens with two attached hydrogens (primary N) is 2. The lowest BCUT2D eigenvalue weighted by molar-refractivity contribution is -0.162. The van der Waals surface area contributed by atoms with Crippen molar-refractivity contribution in [2.24, 2.45) is 34.6 Å². The van der Waals surface area contributed by atoms with E-state index in [1.165, 1.54) is 19.3 Å². The highest BCUT2D eigenvalue weighted by Crippen LogP contribution is 2.64. The van der Waals surface area contributed by atoms with E-state index in [2.05, 4.69) is 6.92 Å². The molecule has 4 aliphatic carbocycles. The Bertz CT molecular complexity index is 327. The standard InChI is InChI=1S/C13H22N2O/c1-2-13(15)10-4-8-3-9(5-10)7-12(13,6-8)11(14)16/h8-10H,2-7,15H2,1H3,(H2,14,16). The van der Waals surface area contributed by atoms with E-state index in [-0.39, 0.29) is 16.9 Å². The summed E-state index contributed by atoms with van der Waals surface area (Å²) in [5.41, 5.74) is 11.7. The SMILES string of the molecule is CCC1(N)C2CC3CC(C2)CC1(C(N)=O)C3. The number of hydrogen-bond acceptors (Lipinski definition) is 2. The Labute approximate surface area is 96.9 Å². The van der Waals surface area contributed by atoms with Gasteiger partial charge in [-0.25, -0.2) is 0 Å². The van der Waals surface area contributed by atoms with Crippen molar-refractivity contribution in [2.75, 3.05) is 0 Å². The Hall–Kier alpha value is -0.570. The van der Waals surface area contributed by atoms with Crippen LogP contribution in [-0.4, -0.2) is 11.4 Å². The van der Waals surface area contributed by atoms with Gasteiger partial charge in [0.25, 0.3) is 0 Å². The zero-order valence-corrected chi connectivity index (χ0v) is 10.0. The maximum absolute atomic E-state index is 12.0. The van der Waals surface area contributed by atoms with Gasteiger partial charge < -0.3 is 11.5 Å². The Balaban J connectivity index is 2.09. The third kappa shape index (κ3) is 1.01. The van der Waals surface area contributed by atoms with E-state index in [1.807, 2.05) is 0 Å². The van der Waals surface area contributed by atoms with Crippen molar-refractivity contribution < 1.29 is 4.79 Å². The molecule has 4 N–H and O–H groups in total. The van der Waals surface area contributed by atoms with Gasteiger partial charge in [-0.05, 0) is 56.3 Å². The highest BCUT2D eigenvalue weighted by atomic mass is 16.1. The number of amides is 1. The van der Waals surface area contributed by atoms with Crippen LogP contribution in [0.5, 0.6) is 0 Å². The summed E-state index contributed by atoms with van der Waals surface area (Å²) in [6.07, 6.45) is 6.58. The van der Waals surface area contributed by atoms with Crippen molar-refractivity contribution in [1.82, 2.24) is 0 Å². The highest BCUT2D eigenvalue weighted by Gasteiger charge is 2.65. The molecule has 4 aliphatic rings. The summed E-state index contributed by atoms with van der Waals surface area (Å²) in [6, 6.07) is 0. The van der Waals surface area contributed by atoms with Gasteiger partial charge in [0.05, 0.1) is 5.41 Å². The molecule has 3 heteroatoms. The molecular formula is C13H22N2O. The van der Waals surface area contributed by atoms with E-state index in [4.69, 9.17) is 11.5 Å². The molecule has 3 nitrogen and oxygen atoms in total. The number of hydrogen-bond donors (Lipinski definition) is 2. The predicted octanol–water partition coefficient (Wildman–Crippen LogP) is 1.41. The summed E-state index contributed by atoms with van der Waals surface area (Å²) >= 11 is 0. The molecule has 3 atom stereocenters. The molecule has 0 aromatic carbocycles. The maximum atomic E-state index is 12.0. The Morgan fingerprint density at radius 1 is 1.25 bits per heavy atom. The lowest BCUT2D eigenvalue weighted by atomic mass is 9.41. The van der Waals surface area contributed by atoms with Crippen molar-refractivity contribution in [1.29, 1.82) is 0 Å². The van der Waals surface area contributed by atoms with Crippen molar-refractivity contribution in [2.45, 2.75) is 51.0 Å². The van der Waals surface area contributed by atoms with Crippen LogP contribution in [0.1, 0.15) is 45.4 Å². The minimum atomic E-state index is -0.378. The largest absolute Gasteiger partial charge is 0.369 e. The van der Waals surface area contributed by atoms with Gasteiger partial charge in [0, 0.05) is 5.54 Å². The molecule has 4 rings (SSSR count). The fourth-order valence-corrected chi connectivity index (χ4v) is 5.22. The second-order valence-electron chi connectivity index (χ2n) is 6.38. The van der Waals surface area contributed by atoms with Gasteiger partial charge in [0.1, 0.15) is 0 Å². The fourth-order valence-electron chi connectivity index (χ4n) is 5.22. The lowest BCUT2D eigenvalue weighted by Gasteiger charge is -2.65. The van der Waals surface area contributed by atoms with Gasteiger partial charge in [-0.1, -0.05) is 6.92 Å². The van der Waals surface area contributed by atoms with Crippen LogP contribution in [0.15, 0.2) is 0 Å². The maximum Gasteiger partial charge on any atom is 0.225 e. The Morgan fingerprint density at radius 3 is 2.25 bits per heavy atom. The van der Waals surface area contributed by atoms with Gasteiger partial charge in [-0.3, -0.25) is 4.79 Å². The second-order valence-corrected chi connectivity index (χ2v) is 6.38. The van der Waals surface area contributed by atoms with Crippen LogP contribution < -0.4 is 11.5 Å². The Kier molecular flexibility index (Phi) is 1.99. The number of carbonyl (C=O) groups is 1. The Morgan fingerprint density at radius 2 is 1.81 bits per heavy atom. The summed E-state index contributed by atoms with van der Waals surface area (Å²) in [5.74, 6) is 1.84. The first-order valence-electron chi connectivity index (χ1n) is 6.60. The molecule has 4 saturated carbocycles. The molecule has 1 amide bonds.